The van der Waals surface area contributed by atoms with E-state index in [-0.39, 0.29) is 18.8 Å². The number of benzene rings is 3. The zero-order valence-corrected chi connectivity index (χ0v) is 92.5. The van der Waals surface area contributed by atoms with Crippen molar-refractivity contribution in [2.24, 2.45) is 0 Å². The number of hydrogen-bond donors (Lipinski definition) is 1. The fourth-order valence-corrected chi connectivity index (χ4v) is 15.3. The van der Waals surface area contributed by atoms with Crippen LogP contribution < -0.4 is 9.47 Å². The maximum absolute atomic E-state index is 12.9. The average molecular weight is 2520 g/mol. The molecule has 4 aromatic rings. The van der Waals surface area contributed by atoms with Crippen LogP contribution in [-0.2, 0) is 202 Å². The van der Waals surface area contributed by atoms with E-state index in [1.165, 1.54) is 12.1 Å². The minimum atomic E-state index is -0.878. The zero-order valence-electron chi connectivity index (χ0n) is 83.8. The Labute approximate surface area is 903 Å². The van der Waals surface area contributed by atoms with Crippen LogP contribution in [0.5, 0.6) is 17.2 Å². The van der Waals surface area contributed by atoms with Crippen LogP contribution in [-0.4, -0.2) is 495 Å². The van der Waals surface area contributed by atoms with Crippen LogP contribution in [0.4, 0.5) is 4.39 Å². The second-order valence-electron chi connectivity index (χ2n) is 29.7. The number of ether oxygens (including phenoxy) is 38. The second kappa shape index (κ2) is 106. The Kier molecular flexibility index (Phi) is 98.2. The number of hydrogen-bond acceptors (Lipinski definition) is 41. The Balaban J connectivity index is 0.683. The summed E-state index contributed by atoms with van der Waals surface area (Å²) in [5.41, 5.74) is 2.32. The molecule has 0 aliphatic carbocycles. The maximum Gasteiger partial charge on any atom is 0.307 e. The molecule has 0 saturated carbocycles. The van der Waals surface area contributed by atoms with Gasteiger partial charge in [-0.15, -0.1) is 5.10 Å². The lowest BCUT2D eigenvalue weighted by molar-refractivity contribution is -0.136. The zero-order chi connectivity index (χ0) is 102. The molecular formula is C96H160FI4N3O40. The third kappa shape index (κ3) is 88.7. The van der Waals surface area contributed by atoms with Crippen LogP contribution in [0.25, 0.3) is 0 Å². The quantitative estimate of drug-likeness (QED) is 0.0328. The highest BCUT2D eigenvalue weighted by atomic mass is 127. The Bertz CT molecular complexity index is 3340. The first-order chi connectivity index (χ1) is 71.2. The van der Waals surface area contributed by atoms with E-state index in [0.717, 1.165) is 31.2 Å². The molecule has 1 aromatic heterocycles. The van der Waals surface area contributed by atoms with Gasteiger partial charge in [-0.3, -0.25) is 4.79 Å². The molecule has 1 N–H and O–H groups in total. The molecule has 0 unspecified atom stereocenters. The van der Waals surface area contributed by atoms with E-state index in [4.69, 9.17) is 180 Å². The van der Waals surface area contributed by atoms with E-state index in [1.54, 1.807) is 16.8 Å². The van der Waals surface area contributed by atoms with Crippen LogP contribution in [0.2, 0.25) is 0 Å². The predicted octanol–water partition coefficient (Wildman–Crippen LogP) is 7.63. The van der Waals surface area contributed by atoms with Crippen molar-refractivity contribution in [2.45, 2.75) is 26.2 Å². The molecule has 3 aromatic carbocycles. The lowest BCUT2D eigenvalue weighted by atomic mass is 10.1. The minimum Gasteiger partial charge on any atom is -0.485 e. The highest BCUT2D eigenvalue weighted by Gasteiger charge is 2.18. The summed E-state index contributed by atoms with van der Waals surface area (Å²) in [4.78, 5) is 11.2. The first-order valence-corrected chi connectivity index (χ1v) is 53.4. The van der Waals surface area contributed by atoms with Crippen molar-refractivity contribution in [1.29, 1.82) is 0 Å². The highest BCUT2D eigenvalue weighted by molar-refractivity contribution is 14.1. The molecule has 0 bridgehead atoms. The third-order valence-electron chi connectivity index (χ3n) is 18.2. The number of aromatic nitrogens is 3. The standard InChI is InChI=1S/C96H160FI4N3O40/c97-87-3-1-85(2-4-87)83-142-76-75-141-74-73-140-72-71-139-70-69-138-68-67-137-66-65-136-64-63-135-62-61-134-60-59-133-58-57-132-56-55-131-54-53-130-52-51-129-50-49-128-48-47-127-46-45-126-44-43-125-42-41-124-40-39-123-38-37-122-36-35-121-34-33-120-32-31-119-30-29-118-28-27-117-26-25-116-24-23-115-22-21-114-20-19-113-18-17-112-16-15-111-14-13-110-12-11-109-10-9-108-8-7-107-6-5-104-82-88(102-103-104)84-143-95-92(100)80-89(81-93(95)101)144-96-90(98)77-86(78-91(96)99)79-94(105)106/h1-4,77-78,80-82H,5-76,79,83-84H2,(H,105,106). The molecule has 43 nitrogen and oxygen atoms in total. The van der Waals surface area contributed by atoms with Gasteiger partial charge in [0.2, 0.25) is 0 Å². The predicted molar refractivity (Wildman–Crippen MR) is 554 cm³/mol. The molecule has 0 spiro atoms. The van der Waals surface area contributed by atoms with Crippen LogP contribution in [0.15, 0.2) is 54.7 Å². The molecule has 144 heavy (non-hydrogen) atoms. The van der Waals surface area contributed by atoms with E-state index in [2.05, 4.69) is 101 Å². The summed E-state index contributed by atoms with van der Waals surface area (Å²) in [6.45, 7) is 34.5. The molecule has 0 atom stereocenters. The van der Waals surface area contributed by atoms with Crippen molar-refractivity contribution in [3.8, 4) is 17.2 Å². The molecule has 0 radical (unpaired) electrons. The van der Waals surface area contributed by atoms with Gasteiger partial charge in [-0.05, 0) is 138 Å². The molecule has 834 valence electrons. The average Bonchev–Trinajstić information content (AvgIpc) is 0.854. The minimum absolute atomic E-state index is 0.0475. The van der Waals surface area contributed by atoms with Gasteiger partial charge in [0.25, 0.3) is 0 Å². The van der Waals surface area contributed by atoms with E-state index >= 15 is 0 Å². The number of halogens is 5. The second-order valence-corrected chi connectivity index (χ2v) is 34.3. The van der Waals surface area contributed by atoms with Gasteiger partial charge in [0.15, 0.2) is 5.75 Å². The Morgan fingerprint density at radius 2 is 0.431 bits per heavy atom. The van der Waals surface area contributed by atoms with Crippen molar-refractivity contribution < 1.29 is 194 Å². The number of rotatable bonds is 117. The Morgan fingerprint density at radius 3 is 0.632 bits per heavy atom. The molecule has 0 amide bonds. The number of carboxylic acid groups (broad SMARTS) is 1. The summed E-state index contributed by atoms with van der Waals surface area (Å²) in [7, 11) is 0. The Morgan fingerprint density at radius 1 is 0.243 bits per heavy atom. The summed E-state index contributed by atoms with van der Waals surface area (Å²) in [5.74, 6) is 0.903. The molecule has 1 heterocycles. The van der Waals surface area contributed by atoms with E-state index in [1.807, 2.05) is 30.5 Å². The molecule has 0 saturated heterocycles. The summed E-state index contributed by atoms with van der Waals surface area (Å²) < 4.78 is 230. The van der Waals surface area contributed by atoms with Gasteiger partial charge in [0.1, 0.15) is 29.6 Å². The van der Waals surface area contributed by atoms with Gasteiger partial charge >= 0.3 is 5.97 Å². The van der Waals surface area contributed by atoms with Gasteiger partial charge in [0, 0.05) is 0 Å². The molecule has 4 rings (SSSR count). The van der Waals surface area contributed by atoms with Gasteiger partial charge < -0.3 is 185 Å². The summed E-state index contributed by atoms with van der Waals surface area (Å²) >= 11 is 8.77. The number of carboxylic acids is 1. The SMILES string of the molecule is O=C(O)Cc1cc(I)c(Oc2cc(I)c(OCc3cn(CCOCCOCCOCCOCCOCCOCCOCCOCCOCCOCCOCCOCCOCCOCCOCCOCCOCCOCCOCCOCCOCCOCCOCCOCCOCCOCCOCCOCCOCCOCCOCCOCCOCCOCCOCCOCc4ccc(F)cc4)nn3)c(I)c2)c(I)c1. The van der Waals surface area contributed by atoms with E-state index < -0.39 is 5.97 Å². The highest BCUT2D eigenvalue weighted by Crippen LogP contribution is 2.38. The summed E-state index contributed by atoms with van der Waals surface area (Å²) in [5, 5.41) is 17.6. The van der Waals surface area contributed by atoms with Crippen LogP contribution in [0.3, 0.4) is 0 Å². The normalized spacial score (nSPS) is 11.7. The van der Waals surface area contributed by atoms with Crippen LogP contribution >= 0.6 is 90.4 Å². The van der Waals surface area contributed by atoms with Gasteiger partial charge in [-0.25, -0.2) is 9.07 Å². The van der Waals surface area contributed by atoms with Crippen molar-refractivity contribution in [3.63, 3.8) is 0 Å². The molecule has 48 heteroatoms. The largest absolute Gasteiger partial charge is 0.485 e. The van der Waals surface area contributed by atoms with Crippen molar-refractivity contribution >= 4 is 96.3 Å². The number of nitrogens with zero attached hydrogens (tertiary/aromatic N) is 3. The topological polar surface area (TPSA) is 419 Å². The molecule has 0 aliphatic heterocycles. The molecular weight excluding hydrogens is 2360 g/mol. The van der Waals surface area contributed by atoms with Crippen LogP contribution in [0.1, 0.15) is 16.8 Å². The fourth-order valence-electron chi connectivity index (χ4n) is 11.1. The van der Waals surface area contributed by atoms with Gasteiger partial charge in [-0.1, -0.05) is 17.3 Å². The molecule has 0 fully saturated rings. The first kappa shape index (κ1) is 134. The van der Waals surface area contributed by atoms with Gasteiger partial charge in [-0.2, -0.15) is 0 Å². The van der Waals surface area contributed by atoms with Crippen molar-refractivity contribution in [2.75, 3.05) is 469 Å². The lowest BCUT2D eigenvalue weighted by Gasteiger charge is -2.15. The summed E-state index contributed by atoms with van der Waals surface area (Å²) in [6.07, 6.45) is 1.78. The lowest BCUT2D eigenvalue weighted by Crippen LogP contribution is -2.16. The first-order valence-electron chi connectivity index (χ1n) is 49.1. The van der Waals surface area contributed by atoms with Crippen molar-refractivity contribution in [3.05, 3.63) is 91.6 Å². The fraction of sp³-hybridized carbons (Fsp3) is 0.781. The van der Waals surface area contributed by atoms with E-state index in [9.17, 15) is 14.3 Å². The maximum atomic E-state index is 12.9. The van der Waals surface area contributed by atoms with E-state index in [0.29, 0.717) is 499 Å². The number of carbonyl (C=O) groups is 1. The smallest absolute Gasteiger partial charge is 0.307 e. The number of aliphatic carboxylic acids is 1. The molecule has 0 aliphatic rings. The van der Waals surface area contributed by atoms with Crippen molar-refractivity contribution in [1.82, 2.24) is 15.0 Å². The van der Waals surface area contributed by atoms with Crippen LogP contribution in [0, 0.1) is 20.1 Å². The Hall–Kier alpha value is -2.72. The third-order valence-corrected chi connectivity index (χ3v) is 21.4. The summed E-state index contributed by atoms with van der Waals surface area (Å²) in [6, 6.07) is 13.7. The van der Waals surface area contributed by atoms with Gasteiger partial charge in [0.05, 0.1) is 509 Å². The monoisotopic (exact) mass is 2520 g/mol.